The van der Waals surface area contributed by atoms with Gasteiger partial charge in [-0.25, -0.2) is 13.2 Å². The van der Waals surface area contributed by atoms with Gasteiger partial charge in [0.1, 0.15) is 0 Å². The van der Waals surface area contributed by atoms with E-state index in [9.17, 15) is 31.2 Å². The third-order valence-corrected chi connectivity index (χ3v) is 8.85. The van der Waals surface area contributed by atoms with E-state index in [0.717, 1.165) is 12.1 Å². The van der Waals surface area contributed by atoms with Crippen LogP contribution < -0.4 is 15.1 Å². The first-order valence-corrected chi connectivity index (χ1v) is 14.2. The lowest BCUT2D eigenvalue weighted by Crippen LogP contribution is -2.48. The number of anilines is 2. The number of carbonyl (C=O) groups is 2. The number of nitrogens with one attached hydrogen (secondary N) is 1. The minimum atomic E-state index is -4.55. The normalized spacial score (nSPS) is 16.3. The summed E-state index contributed by atoms with van der Waals surface area (Å²) in [5.41, 5.74) is 0.751. The van der Waals surface area contributed by atoms with Gasteiger partial charge in [0.25, 0.3) is 0 Å². The van der Waals surface area contributed by atoms with Crippen LogP contribution in [0.5, 0.6) is 0 Å². The molecule has 2 heterocycles. The van der Waals surface area contributed by atoms with Crippen molar-refractivity contribution in [3.63, 3.8) is 0 Å². The number of alkyl halides is 3. The summed E-state index contributed by atoms with van der Waals surface area (Å²) < 4.78 is 67.5. The molecule has 0 aromatic heterocycles. The smallest absolute Gasteiger partial charge is 0.416 e. The van der Waals surface area contributed by atoms with Crippen LogP contribution in [0.3, 0.4) is 0 Å². The summed E-state index contributed by atoms with van der Waals surface area (Å²) in [5.74, 6) is -0.886. The van der Waals surface area contributed by atoms with Crippen molar-refractivity contribution in [1.29, 1.82) is 0 Å². The van der Waals surface area contributed by atoms with Gasteiger partial charge in [0.05, 0.1) is 10.5 Å². The molecule has 0 saturated carbocycles. The van der Waals surface area contributed by atoms with Gasteiger partial charge >= 0.3 is 18.2 Å². The first kappa shape index (κ1) is 29.0. The Bertz CT molecular complexity index is 1350. The van der Waals surface area contributed by atoms with E-state index < -0.39 is 27.7 Å². The first-order valence-electron chi connectivity index (χ1n) is 12.4. The minimum absolute atomic E-state index is 0.0360. The van der Waals surface area contributed by atoms with Crippen molar-refractivity contribution >= 4 is 45.0 Å². The van der Waals surface area contributed by atoms with E-state index in [1.807, 2.05) is 0 Å². The van der Waals surface area contributed by atoms with E-state index in [1.165, 1.54) is 21.3 Å². The molecule has 212 valence electrons. The second kappa shape index (κ2) is 11.6. The quantitative estimate of drug-likeness (QED) is 0.448. The van der Waals surface area contributed by atoms with Crippen LogP contribution in [0, 0.1) is 0 Å². The number of sulfonamides is 1. The van der Waals surface area contributed by atoms with Crippen LogP contribution in [0.25, 0.3) is 0 Å². The molecule has 0 radical (unpaired) electrons. The lowest BCUT2D eigenvalue weighted by atomic mass is 10.1. The SMILES string of the molecule is O=C(O)CCCCNC(=O)N1CCc2cc(S(=O)(=O)N3CCN(c4cc(Cl)cc(C(F)(F)F)c4)CC3)ccc21. The van der Waals surface area contributed by atoms with Gasteiger partial charge in [0.2, 0.25) is 10.0 Å². The number of carboxylic acid groups (broad SMARTS) is 1. The highest BCUT2D eigenvalue weighted by molar-refractivity contribution is 7.89. The Hall–Kier alpha value is -3.03. The Morgan fingerprint density at radius 3 is 2.38 bits per heavy atom. The van der Waals surface area contributed by atoms with Gasteiger partial charge in [0.15, 0.2) is 0 Å². The summed E-state index contributed by atoms with van der Waals surface area (Å²) in [6.07, 6.45) is -3.04. The van der Waals surface area contributed by atoms with E-state index >= 15 is 0 Å². The zero-order chi connectivity index (χ0) is 28.4. The molecular formula is C25H28ClF3N4O5S. The molecule has 14 heteroatoms. The molecule has 0 aliphatic carbocycles. The fourth-order valence-corrected chi connectivity index (χ4v) is 6.40. The fraction of sp³-hybridized carbons (Fsp3) is 0.440. The predicted molar refractivity (Wildman–Crippen MR) is 140 cm³/mol. The molecule has 2 aliphatic rings. The van der Waals surface area contributed by atoms with Crippen LogP contribution in [0.4, 0.5) is 29.3 Å². The molecule has 0 spiro atoms. The van der Waals surface area contributed by atoms with Gasteiger partial charge in [-0.2, -0.15) is 17.5 Å². The molecule has 2 N–H and O–H groups in total. The van der Waals surface area contributed by atoms with Crippen molar-refractivity contribution in [2.75, 3.05) is 49.1 Å². The summed E-state index contributed by atoms with van der Waals surface area (Å²) in [5, 5.41) is 11.4. The van der Waals surface area contributed by atoms with Crippen LogP contribution in [0.1, 0.15) is 30.4 Å². The number of hydrogen-bond acceptors (Lipinski definition) is 5. The summed E-state index contributed by atoms with van der Waals surface area (Å²) in [6, 6.07) is 7.57. The lowest BCUT2D eigenvalue weighted by molar-refractivity contribution is -0.138. The Kier molecular flexibility index (Phi) is 8.62. The Morgan fingerprint density at radius 1 is 1.00 bits per heavy atom. The number of hydrogen-bond donors (Lipinski definition) is 2. The van der Waals surface area contributed by atoms with Crippen LogP contribution in [0.15, 0.2) is 41.3 Å². The number of nitrogens with zero attached hydrogens (tertiary/aromatic N) is 3. The van der Waals surface area contributed by atoms with Crippen LogP contribution in [-0.2, 0) is 27.4 Å². The van der Waals surface area contributed by atoms with Crippen molar-refractivity contribution in [3.05, 3.63) is 52.5 Å². The number of amides is 2. The Balaban J connectivity index is 1.38. The van der Waals surface area contributed by atoms with Crippen molar-refractivity contribution in [2.45, 2.75) is 36.8 Å². The molecule has 2 amide bonds. The van der Waals surface area contributed by atoms with Gasteiger partial charge in [0, 0.05) is 62.1 Å². The Morgan fingerprint density at radius 2 is 1.72 bits per heavy atom. The highest BCUT2D eigenvalue weighted by Gasteiger charge is 2.34. The van der Waals surface area contributed by atoms with Gasteiger partial charge < -0.3 is 15.3 Å². The largest absolute Gasteiger partial charge is 0.481 e. The molecule has 2 aliphatic heterocycles. The molecule has 9 nitrogen and oxygen atoms in total. The van der Waals surface area contributed by atoms with E-state index in [0.29, 0.717) is 43.6 Å². The minimum Gasteiger partial charge on any atom is -0.481 e. The predicted octanol–water partition coefficient (Wildman–Crippen LogP) is 4.20. The van der Waals surface area contributed by atoms with E-state index in [1.54, 1.807) is 17.0 Å². The Labute approximate surface area is 229 Å². The van der Waals surface area contributed by atoms with E-state index in [-0.39, 0.29) is 54.2 Å². The third-order valence-electron chi connectivity index (χ3n) is 6.74. The molecule has 39 heavy (non-hydrogen) atoms. The monoisotopic (exact) mass is 588 g/mol. The van der Waals surface area contributed by atoms with Crippen LogP contribution in [0.2, 0.25) is 5.02 Å². The number of urea groups is 1. The number of halogens is 4. The number of aliphatic carboxylic acids is 1. The lowest BCUT2D eigenvalue weighted by Gasteiger charge is -2.35. The summed E-state index contributed by atoms with van der Waals surface area (Å²) in [4.78, 5) is 26.5. The topological polar surface area (TPSA) is 110 Å². The zero-order valence-electron chi connectivity index (χ0n) is 20.9. The number of piperazine rings is 1. The summed E-state index contributed by atoms with van der Waals surface area (Å²) >= 11 is 5.90. The average Bonchev–Trinajstić information content (AvgIpc) is 3.31. The molecular weight excluding hydrogens is 561 g/mol. The van der Waals surface area contributed by atoms with Crippen molar-refractivity contribution in [3.8, 4) is 0 Å². The number of rotatable bonds is 8. The molecule has 1 saturated heterocycles. The molecule has 2 aromatic rings. The maximum Gasteiger partial charge on any atom is 0.416 e. The molecule has 4 rings (SSSR count). The van der Waals surface area contributed by atoms with Crippen molar-refractivity contribution < 1.29 is 36.3 Å². The van der Waals surface area contributed by atoms with E-state index in [2.05, 4.69) is 5.32 Å². The van der Waals surface area contributed by atoms with Crippen molar-refractivity contribution in [2.24, 2.45) is 0 Å². The zero-order valence-corrected chi connectivity index (χ0v) is 22.4. The molecule has 0 atom stereocenters. The van der Waals surface area contributed by atoms with Gasteiger partial charge in [-0.15, -0.1) is 0 Å². The van der Waals surface area contributed by atoms with Crippen LogP contribution >= 0.6 is 11.6 Å². The maximum atomic E-state index is 13.3. The third kappa shape index (κ3) is 6.76. The summed E-state index contributed by atoms with van der Waals surface area (Å²) in [7, 11) is -3.86. The van der Waals surface area contributed by atoms with Crippen molar-refractivity contribution in [1.82, 2.24) is 9.62 Å². The average molecular weight is 589 g/mol. The highest BCUT2D eigenvalue weighted by Crippen LogP contribution is 2.35. The highest BCUT2D eigenvalue weighted by atomic mass is 35.5. The fourth-order valence-electron chi connectivity index (χ4n) is 4.70. The number of fused-ring (bicyclic) bond motifs is 1. The van der Waals surface area contributed by atoms with Crippen LogP contribution in [-0.4, -0.2) is 69.1 Å². The number of unbranched alkanes of at least 4 members (excludes halogenated alkanes) is 1. The molecule has 0 bridgehead atoms. The number of carboxylic acids is 1. The summed E-state index contributed by atoms with van der Waals surface area (Å²) in [6.45, 7) is 1.29. The maximum absolute atomic E-state index is 13.3. The van der Waals surface area contributed by atoms with Gasteiger partial charge in [-0.1, -0.05) is 11.6 Å². The second-order valence-electron chi connectivity index (χ2n) is 9.36. The molecule has 2 aromatic carbocycles. The number of benzene rings is 2. The molecule has 0 unspecified atom stereocenters. The standard InChI is InChI=1S/C25H28ClF3N4O5S/c26-19-14-18(25(27,28)29)15-20(16-19)31-9-11-32(12-10-31)39(37,38)21-4-5-22-17(13-21)6-8-33(22)24(36)30-7-2-1-3-23(34)35/h4-5,13-16H,1-3,6-12H2,(H,30,36)(H,34,35). The first-order chi connectivity index (χ1) is 18.4. The second-order valence-corrected chi connectivity index (χ2v) is 11.7. The molecule has 1 fully saturated rings. The number of carbonyl (C=O) groups excluding carboxylic acids is 1. The van der Waals surface area contributed by atoms with E-state index in [4.69, 9.17) is 16.7 Å². The van der Waals surface area contributed by atoms with Gasteiger partial charge in [-0.05, 0) is 61.2 Å². The van der Waals surface area contributed by atoms with Gasteiger partial charge in [-0.3, -0.25) is 9.69 Å².